The minimum Gasteiger partial charge on any atom is -0.490 e. The van der Waals surface area contributed by atoms with E-state index in [1.54, 1.807) is 13.2 Å². The molecule has 0 aromatic heterocycles. The number of carbonyl (C=O) groups is 1. The van der Waals surface area contributed by atoms with Gasteiger partial charge in [-0.25, -0.2) is 4.79 Å². The zero-order valence-electron chi connectivity index (χ0n) is 20.2. The van der Waals surface area contributed by atoms with E-state index >= 15 is 0 Å². The highest BCUT2D eigenvalue weighted by molar-refractivity contribution is 5.95. The first-order valence-corrected chi connectivity index (χ1v) is 12.9. The van der Waals surface area contributed by atoms with Crippen LogP contribution in [0.2, 0.25) is 0 Å². The zero-order valence-corrected chi connectivity index (χ0v) is 20.2. The molecule has 194 valence electrons. The summed E-state index contributed by atoms with van der Waals surface area (Å²) < 4.78 is 30.3. The molecule has 4 aliphatic rings. The lowest BCUT2D eigenvalue weighted by Gasteiger charge is -2.45. The van der Waals surface area contributed by atoms with Crippen molar-refractivity contribution >= 4 is 5.97 Å². The van der Waals surface area contributed by atoms with Gasteiger partial charge < -0.3 is 39.0 Å². The highest BCUT2D eigenvalue weighted by Crippen LogP contribution is 2.52. The van der Waals surface area contributed by atoms with E-state index in [1.165, 1.54) is 6.42 Å². The summed E-state index contributed by atoms with van der Waals surface area (Å²) in [7, 11) is 1.54. The van der Waals surface area contributed by atoms with Crippen LogP contribution in [0.15, 0.2) is 6.07 Å². The molecule has 0 unspecified atom stereocenters. The third-order valence-electron chi connectivity index (χ3n) is 7.74. The van der Waals surface area contributed by atoms with Crippen LogP contribution in [0.25, 0.3) is 0 Å². The Labute approximate surface area is 205 Å². The molecule has 2 aliphatic heterocycles. The van der Waals surface area contributed by atoms with Gasteiger partial charge in [0.2, 0.25) is 5.75 Å². The van der Waals surface area contributed by atoms with E-state index in [-0.39, 0.29) is 17.8 Å². The summed E-state index contributed by atoms with van der Waals surface area (Å²) in [5.74, 6) is 0.519. The Morgan fingerprint density at radius 2 is 1.54 bits per heavy atom. The van der Waals surface area contributed by atoms with Crippen molar-refractivity contribution in [1.29, 1.82) is 0 Å². The fourth-order valence-corrected chi connectivity index (χ4v) is 5.83. The minimum atomic E-state index is -1.42. The van der Waals surface area contributed by atoms with Gasteiger partial charge in [0.25, 0.3) is 0 Å². The number of benzene rings is 1. The average molecular weight is 493 g/mol. The Bertz CT molecular complexity index is 907. The van der Waals surface area contributed by atoms with Crippen LogP contribution in [0.3, 0.4) is 0 Å². The predicted molar refractivity (Wildman–Crippen MR) is 124 cm³/mol. The second-order valence-electron chi connectivity index (χ2n) is 10.1. The fourth-order valence-electron chi connectivity index (χ4n) is 5.83. The number of fused-ring (bicyclic) bond motifs is 3. The van der Waals surface area contributed by atoms with Gasteiger partial charge in [0.05, 0.1) is 31.5 Å². The first kappa shape index (κ1) is 24.6. The van der Waals surface area contributed by atoms with E-state index in [4.69, 9.17) is 23.7 Å². The van der Waals surface area contributed by atoms with Crippen molar-refractivity contribution in [3.8, 4) is 17.2 Å². The van der Waals surface area contributed by atoms with Crippen LogP contribution in [-0.2, 0) is 9.47 Å². The molecule has 0 radical (unpaired) electrons. The molecule has 9 nitrogen and oxygen atoms in total. The van der Waals surface area contributed by atoms with E-state index in [9.17, 15) is 20.1 Å². The molecule has 2 heterocycles. The monoisotopic (exact) mass is 492 g/mol. The quantitative estimate of drug-likeness (QED) is 0.514. The Morgan fingerprint density at radius 3 is 2.14 bits per heavy atom. The molecule has 1 saturated heterocycles. The third kappa shape index (κ3) is 4.71. The summed E-state index contributed by atoms with van der Waals surface area (Å²) in [5, 5.41) is 30.8. The van der Waals surface area contributed by atoms with Crippen molar-refractivity contribution in [1.82, 2.24) is 0 Å². The summed E-state index contributed by atoms with van der Waals surface area (Å²) in [5.41, 5.74) is 0.637. The van der Waals surface area contributed by atoms with Gasteiger partial charge in [-0.15, -0.1) is 0 Å². The zero-order chi connectivity index (χ0) is 24.5. The van der Waals surface area contributed by atoms with Gasteiger partial charge in [0.15, 0.2) is 17.6 Å². The first-order chi connectivity index (χ1) is 17.0. The highest BCUT2D eigenvalue weighted by Gasteiger charge is 2.52. The summed E-state index contributed by atoms with van der Waals surface area (Å²) >= 11 is 0. The number of hydrogen-bond donors (Lipinski definition) is 3. The highest BCUT2D eigenvalue weighted by atomic mass is 16.6. The van der Waals surface area contributed by atoms with Gasteiger partial charge >= 0.3 is 5.97 Å². The first-order valence-electron chi connectivity index (χ1n) is 12.9. The Kier molecular flexibility index (Phi) is 7.39. The molecule has 0 bridgehead atoms. The SMILES string of the molecule is COc1c(OC2CCCCC2)cc2c(c1OC1CCCCC1)[C@@H]1O[C@H](CO)[C@@H](O)[C@H](O)[C@H]1OC2=O. The molecular formula is C26H36O9. The van der Waals surface area contributed by atoms with Crippen LogP contribution in [0, 0.1) is 0 Å². The second kappa shape index (κ2) is 10.5. The molecule has 0 amide bonds. The van der Waals surface area contributed by atoms with Crippen LogP contribution in [-0.4, -0.2) is 71.6 Å². The number of aliphatic hydroxyl groups excluding tert-OH is 3. The normalized spacial score (nSPS) is 31.8. The molecule has 5 rings (SSSR count). The van der Waals surface area contributed by atoms with Gasteiger partial charge in [-0.2, -0.15) is 0 Å². The van der Waals surface area contributed by atoms with Crippen molar-refractivity contribution < 1.29 is 43.8 Å². The molecule has 3 fully saturated rings. The van der Waals surface area contributed by atoms with Crippen LogP contribution in [0.5, 0.6) is 17.2 Å². The lowest BCUT2D eigenvalue weighted by Crippen LogP contribution is -2.58. The van der Waals surface area contributed by atoms with Crippen LogP contribution in [0.1, 0.15) is 86.2 Å². The molecule has 2 saturated carbocycles. The summed E-state index contributed by atoms with van der Waals surface area (Å²) in [6.45, 7) is -0.496. The number of hydrogen-bond acceptors (Lipinski definition) is 9. The Morgan fingerprint density at radius 1 is 0.914 bits per heavy atom. The van der Waals surface area contributed by atoms with Gasteiger partial charge in [0, 0.05) is 5.56 Å². The Hall–Kier alpha value is -2.07. The largest absolute Gasteiger partial charge is 0.490 e. The summed E-state index contributed by atoms with van der Waals surface area (Å²) in [4.78, 5) is 13.2. The van der Waals surface area contributed by atoms with Gasteiger partial charge in [0.1, 0.15) is 24.4 Å². The van der Waals surface area contributed by atoms with Crippen molar-refractivity contribution in [2.45, 2.75) is 107 Å². The van der Waals surface area contributed by atoms with Crippen LogP contribution < -0.4 is 14.2 Å². The molecule has 0 spiro atoms. The topological polar surface area (TPSA) is 124 Å². The van der Waals surface area contributed by atoms with Crippen molar-refractivity contribution in [2.24, 2.45) is 0 Å². The van der Waals surface area contributed by atoms with Crippen molar-refractivity contribution in [3.63, 3.8) is 0 Å². The average Bonchev–Trinajstić information content (AvgIpc) is 2.88. The minimum absolute atomic E-state index is 0.0206. The predicted octanol–water partition coefficient (Wildman–Crippen LogP) is 2.81. The van der Waals surface area contributed by atoms with E-state index in [0.29, 0.717) is 22.8 Å². The van der Waals surface area contributed by atoms with Gasteiger partial charge in [-0.3, -0.25) is 0 Å². The van der Waals surface area contributed by atoms with Gasteiger partial charge in [-0.05, 0) is 57.4 Å². The molecule has 35 heavy (non-hydrogen) atoms. The second-order valence-corrected chi connectivity index (χ2v) is 10.1. The van der Waals surface area contributed by atoms with E-state index in [0.717, 1.165) is 57.8 Å². The number of carbonyl (C=O) groups excluding carboxylic acids is 1. The molecule has 1 aromatic rings. The third-order valence-corrected chi connectivity index (χ3v) is 7.74. The number of ether oxygens (including phenoxy) is 5. The van der Waals surface area contributed by atoms with Crippen LogP contribution >= 0.6 is 0 Å². The molecular weight excluding hydrogens is 456 g/mol. The molecule has 3 N–H and O–H groups in total. The fraction of sp³-hybridized carbons (Fsp3) is 0.731. The van der Waals surface area contributed by atoms with E-state index < -0.39 is 43.1 Å². The lowest BCUT2D eigenvalue weighted by atomic mass is 9.86. The summed E-state index contributed by atoms with van der Waals surface area (Å²) in [6, 6.07) is 1.61. The van der Waals surface area contributed by atoms with Gasteiger partial charge in [-0.1, -0.05) is 12.8 Å². The maximum atomic E-state index is 13.2. The molecule has 9 heteroatoms. The maximum absolute atomic E-state index is 13.2. The molecule has 2 aliphatic carbocycles. The van der Waals surface area contributed by atoms with Crippen LogP contribution in [0.4, 0.5) is 0 Å². The number of rotatable bonds is 6. The molecule has 1 aromatic carbocycles. The molecule has 5 atom stereocenters. The van der Waals surface area contributed by atoms with E-state index in [2.05, 4.69) is 0 Å². The number of methoxy groups -OCH3 is 1. The smallest absolute Gasteiger partial charge is 0.339 e. The van der Waals surface area contributed by atoms with Crippen molar-refractivity contribution in [3.05, 3.63) is 17.2 Å². The summed E-state index contributed by atoms with van der Waals surface area (Å²) in [6.07, 6.45) is 4.27. The Balaban J connectivity index is 1.60. The maximum Gasteiger partial charge on any atom is 0.339 e. The number of esters is 1. The number of aliphatic hydroxyl groups is 3. The standard InChI is InChI=1S/C26H36O9/c1-31-22-17(32-14-8-4-2-5-9-14)12-16-19(23(22)33-15-10-6-3-7-11-15)24-25(35-26(16)30)21(29)20(28)18(13-27)34-24/h12,14-15,18,20-21,24-25,27-29H,2-11,13H2,1H3/t18-,20-,21+,24+,25-/m1/s1. The van der Waals surface area contributed by atoms with E-state index in [1.807, 2.05) is 0 Å². The lowest BCUT2D eigenvalue weighted by molar-refractivity contribution is -0.235. The van der Waals surface area contributed by atoms with Crippen molar-refractivity contribution in [2.75, 3.05) is 13.7 Å².